The number of benzene rings is 1. The van der Waals surface area contributed by atoms with Crippen molar-refractivity contribution < 1.29 is 0 Å². The van der Waals surface area contributed by atoms with Crippen molar-refractivity contribution in [1.82, 2.24) is 4.98 Å². The smallest absolute Gasteiger partial charge is 0.189 e. The van der Waals surface area contributed by atoms with E-state index in [1.807, 2.05) is 24.3 Å². The Labute approximate surface area is 90.5 Å². The van der Waals surface area contributed by atoms with Crippen LogP contribution in [0.3, 0.4) is 0 Å². The van der Waals surface area contributed by atoms with Crippen molar-refractivity contribution in [2.45, 2.75) is 0 Å². The van der Waals surface area contributed by atoms with Gasteiger partial charge in [0.25, 0.3) is 0 Å². The lowest BCUT2D eigenvalue weighted by Gasteiger charge is -2.01. The van der Waals surface area contributed by atoms with Crippen LogP contribution in [0, 0.1) is 0 Å². The quantitative estimate of drug-likeness (QED) is 0.826. The number of anilines is 3. The van der Waals surface area contributed by atoms with E-state index in [9.17, 15) is 0 Å². The van der Waals surface area contributed by atoms with E-state index in [0.717, 1.165) is 10.8 Å². The molecule has 0 aliphatic carbocycles. The molecule has 3 nitrogen and oxygen atoms in total. The van der Waals surface area contributed by atoms with Gasteiger partial charge in [-0.15, -0.1) is 11.3 Å². The first-order valence-electron chi connectivity index (χ1n) is 3.97. The van der Waals surface area contributed by atoms with Crippen LogP contribution < -0.4 is 11.1 Å². The lowest BCUT2D eigenvalue weighted by molar-refractivity contribution is 1.39. The summed E-state index contributed by atoms with van der Waals surface area (Å²) in [6.45, 7) is 0. The highest BCUT2D eigenvalue weighted by Crippen LogP contribution is 2.22. The first-order valence-corrected chi connectivity index (χ1v) is 5.23. The second kappa shape index (κ2) is 3.86. The Morgan fingerprint density at radius 1 is 1.29 bits per heavy atom. The zero-order chi connectivity index (χ0) is 9.97. The van der Waals surface area contributed by atoms with Crippen LogP contribution in [0.2, 0.25) is 5.02 Å². The normalized spacial score (nSPS) is 10.1. The third kappa shape index (κ3) is 2.16. The Morgan fingerprint density at radius 2 is 2.00 bits per heavy atom. The van der Waals surface area contributed by atoms with Crippen LogP contribution in [0.15, 0.2) is 29.6 Å². The van der Waals surface area contributed by atoms with Gasteiger partial charge in [-0.25, -0.2) is 4.98 Å². The fourth-order valence-electron chi connectivity index (χ4n) is 1.00. The second-order valence-electron chi connectivity index (χ2n) is 2.71. The maximum Gasteiger partial charge on any atom is 0.189 e. The molecule has 2 rings (SSSR count). The van der Waals surface area contributed by atoms with Gasteiger partial charge in [0.05, 0.1) is 0 Å². The number of nitrogen functional groups attached to an aromatic ring is 1. The van der Waals surface area contributed by atoms with Gasteiger partial charge in [0, 0.05) is 16.1 Å². The number of rotatable bonds is 2. The number of thiazole rings is 1. The first kappa shape index (κ1) is 9.30. The topological polar surface area (TPSA) is 50.9 Å². The minimum absolute atomic E-state index is 0.534. The van der Waals surface area contributed by atoms with Gasteiger partial charge < -0.3 is 11.1 Å². The first-order chi connectivity index (χ1) is 6.74. The summed E-state index contributed by atoms with van der Waals surface area (Å²) in [5.41, 5.74) is 6.44. The van der Waals surface area contributed by atoms with Crippen LogP contribution in [0.4, 0.5) is 16.6 Å². The molecule has 0 bridgehead atoms. The Balaban J connectivity index is 2.15. The minimum Gasteiger partial charge on any atom is -0.383 e. The third-order valence-corrected chi connectivity index (χ3v) is 2.65. The van der Waals surface area contributed by atoms with Crippen LogP contribution in [0.25, 0.3) is 0 Å². The fraction of sp³-hybridized carbons (Fsp3) is 0. The van der Waals surface area contributed by atoms with Crippen LogP contribution in [0.5, 0.6) is 0 Å². The van der Waals surface area contributed by atoms with Crippen molar-refractivity contribution in [3.8, 4) is 0 Å². The van der Waals surface area contributed by atoms with E-state index in [1.165, 1.54) is 11.3 Å². The average Bonchev–Trinajstić information content (AvgIpc) is 2.56. The van der Waals surface area contributed by atoms with Crippen molar-refractivity contribution in [3.63, 3.8) is 0 Å². The zero-order valence-corrected chi connectivity index (χ0v) is 8.77. The predicted molar refractivity (Wildman–Crippen MR) is 61.3 cm³/mol. The molecule has 0 amide bonds. The Morgan fingerprint density at radius 3 is 2.57 bits per heavy atom. The van der Waals surface area contributed by atoms with Crippen molar-refractivity contribution in [3.05, 3.63) is 34.7 Å². The molecule has 0 radical (unpaired) electrons. The fourth-order valence-corrected chi connectivity index (χ4v) is 1.75. The summed E-state index contributed by atoms with van der Waals surface area (Å²) in [6, 6.07) is 7.42. The molecule has 0 fully saturated rings. The summed E-state index contributed by atoms with van der Waals surface area (Å²) in [7, 11) is 0. The largest absolute Gasteiger partial charge is 0.383 e. The summed E-state index contributed by atoms with van der Waals surface area (Å²) < 4.78 is 0. The molecule has 0 atom stereocenters. The van der Waals surface area contributed by atoms with Gasteiger partial charge in [0.2, 0.25) is 0 Å². The molecule has 2 aromatic rings. The van der Waals surface area contributed by atoms with E-state index in [4.69, 9.17) is 17.3 Å². The molecule has 1 heterocycles. The van der Waals surface area contributed by atoms with E-state index >= 15 is 0 Å². The predicted octanol–water partition coefficient (Wildman–Crippen LogP) is 3.12. The maximum atomic E-state index is 5.76. The lowest BCUT2D eigenvalue weighted by atomic mass is 10.3. The molecule has 0 unspecified atom stereocenters. The summed E-state index contributed by atoms with van der Waals surface area (Å²) in [5.74, 6) is 0.534. The molecule has 14 heavy (non-hydrogen) atoms. The van der Waals surface area contributed by atoms with Crippen molar-refractivity contribution in [2.75, 3.05) is 11.1 Å². The highest BCUT2D eigenvalue weighted by molar-refractivity contribution is 7.14. The van der Waals surface area contributed by atoms with Crippen LogP contribution in [0.1, 0.15) is 0 Å². The molecule has 0 saturated carbocycles. The molecule has 5 heteroatoms. The zero-order valence-electron chi connectivity index (χ0n) is 7.20. The Bertz CT molecular complexity index is 424. The van der Waals surface area contributed by atoms with E-state index in [-0.39, 0.29) is 0 Å². The highest BCUT2D eigenvalue weighted by Gasteiger charge is 1.98. The van der Waals surface area contributed by atoms with Gasteiger partial charge in [-0.3, -0.25) is 0 Å². The van der Waals surface area contributed by atoms with E-state index in [2.05, 4.69) is 10.3 Å². The van der Waals surface area contributed by atoms with E-state index < -0.39 is 0 Å². The van der Waals surface area contributed by atoms with Gasteiger partial charge >= 0.3 is 0 Å². The SMILES string of the molecule is Nc1csc(Nc2ccc(Cl)cc2)n1. The lowest BCUT2D eigenvalue weighted by Crippen LogP contribution is -1.90. The van der Waals surface area contributed by atoms with Crippen LogP contribution in [-0.4, -0.2) is 4.98 Å². The second-order valence-corrected chi connectivity index (χ2v) is 4.00. The molecule has 0 spiro atoms. The van der Waals surface area contributed by atoms with Gasteiger partial charge in [0.15, 0.2) is 5.13 Å². The number of hydrogen-bond donors (Lipinski definition) is 2. The standard InChI is InChI=1S/C9H8ClN3S/c10-6-1-3-7(4-2-6)12-9-13-8(11)5-14-9/h1-5H,11H2,(H,12,13). The van der Waals surface area contributed by atoms with Gasteiger partial charge in [0.1, 0.15) is 5.82 Å². The number of aromatic nitrogens is 1. The van der Waals surface area contributed by atoms with E-state index in [0.29, 0.717) is 10.8 Å². The molecule has 0 saturated heterocycles. The molecule has 1 aromatic heterocycles. The molecule has 1 aromatic carbocycles. The molecule has 72 valence electrons. The summed E-state index contributed by atoms with van der Waals surface area (Å²) >= 11 is 7.23. The van der Waals surface area contributed by atoms with Crippen LogP contribution >= 0.6 is 22.9 Å². The average molecular weight is 226 g/mol. The number of nitrogens with zero attached hydrogens (tertiary/aromatic N) is 1. The Hall–Kier alpha value is -1.26. The molecule has 0 aliphatic rings. The molecule has 3 N–H and O–H groups in total. The van der Waals surface area contributed by atoms with Crippen molar-refractivity contribution in [1.29, 1.82) is 0 Å². The van der Waals surface area contributed by atoms with E-state index in [1.54, 1.807) is 5.38 Å². The highest BCUT2D eigenvalue weighted by atomic mass is 35.5. The minimum atomic E-state index is 0.534. The molecular formula is C9H8ClN3S. The molecular weight excluding hydrogens is 218 g/mol. The summed E-state index contributed by atoms with van der Waals surface area (Å²) in [6.07, 6.45) is 0. The van der Waals surface area contributed by atoms with Crippen LogP contribution in [-0.2, 0) is 0 Å². The van der Waals surface area contributed by atoms with Crippen molar-refractivity contribution >= 4 is 39.6 Å². The molecule has 0 aliphatic heterocycles. The van der Waals surface area contributed by atoms with Gasteiger partial charge in [-0.2, -0.15) is 0 Å². The Kier molecular flexibility index (Phi) is 2.56. The van der Waals surface area contributed by atoms with Gasteiger partial charge in [-0.05, 0) is 24.3 Å². The third-order valence-electron chi connectivity index (χ3n) is 1.62. The number of hydrogen-bond acceptors (Lipinski definition) is 4. The number of nitrogens with one attached hydrogen (secondary N) is 1. The van der Waals surface area contributed by atoms with Crippen molar-refractivity contribution in [2.24, 2.45) is 0 Å². The number of nitrogens with two attached hydrogens (primary N) is 1. The number of halogens is 1. The maximum absolute atomic E-state index is 5.76. The summed E-state index contributed by atoms with van der Waals surface area (Å²) in [4.78, 5) is 4.08. The van der Waals surface area contributed by atoms with Gasteiger partial charge in [-0.1, -0.05) is 11.6 Å². The monoisotopic (exact) mass is 225 g/mol. The summed E-state index contributed by atoms with van der Waals surface area (Å²) in [5, 5.41) is 6.41.